The van der Waals surface area contributed by atoms with Crippen molar-refractivity contribution in [3.05, 3.63) is 81.9 Å². The van der Waals surface area contributed by atoms with E-state index in [-0.39, 0.29) is 16.9 Å². The van der Waals surface area contributed by atoms with Gasteiger partial charge in [0.1, 0.15) is 5.69 Å². The molecule has 11 nitrogen and oxygen atoms in total. The molecule has 0 unspecified atom stereocenters. The number of nitro benzene ring substituents is 1. The van der Waals surface area contributed by atoms with E-state index >= 15 is 0 Å². The van der Waals surface area contributed by atoms with Crippen LogP contribution in [0.5, 0.6) is 17.2 Å². The van der Waals surface area contributed by atoms with Crippen LogP contribution in [0.4, 0.5) is 17.1 Å². The number of esters is 1. The average molecular weight is 495 g/mol. The van der Waals surface area contributed by atoms with Crippen LogP contribution in [0.2, 0.25) is 0 Å². The number of nitro groups is 1. The van der Waals surface area contributed by atoms with E-state index in [0.717, 1.165) is 11.6 Å². The molecule has 0 saturated heterocycles. The lowest BCUT2D eigenvalue weighted by atomic mass is 10.1. The Morgan fingerprint density at radius 3 is 2.17 bits per heavy atom. The summed E-state index contributed by atoms with van der Waals surface area (Å²) < 4.78 is 20.8. The number of anilines is 2. The van der Waals surface area contributed by atoms with Crippen LogP contribution in [0.3, 0.4) is 0 Å². The second-order valence-electron chi connectivity index (χ2n) is 7.37. The maximum atomic E-state index is 12.4. The van der Waals surface area contributed by atoms with Gasteiger partial charge in [-0.2, -0.15) is 0 Å². The van der Waals surface area contributed by atoms with E-state index in [1.54, 1.807) is 0 Å². The summed E-state index contributed by atoms with van der Waals surface area (Å²) in [4.78, 5) is 35.7. The topological polar surface area (TPSA) is 138 Å². The monoisotopic (exact) mass is 495 g/mol. The maximum Gasteiger partial charge on any atom is 0.338 e. The summed E-state index contributed by atoms with van der Waals surface area (Å²) in [5.74, 6) is -0.497. The molecule has 0 aliphatic rings. The van der Waals surface area contributed by atoms with Gasteiger partial charge in [-0.3, -0.25) is 14.9 Å². The van der Waals surface area contributed by atoms with Crippen LogP contribution in [0.15, 0.2) is 60.7 Å². The van der Waals surface area contributed by atoms with Gasteiger partial charge < -0.3 is 29.6 Å². The summed E-state index contributed by atoms with van der Waals surface area (Å²) in [7, 11) is 4.33. The summed E-state index contributed by atoms with van der Waals surface area (Å²) in [6.07, 6.45) is 0. The van der Waals surface area contributed by atoms with E-state index in [4.69, 9.17) is 18.9 Å². The molecule has 36 heavy (non-hydrogen) atoms. The number of rotatable bonds is 11. The Labute approximate surface area is 207 Å². The van der Waals surface area contributed by atoms with Gasteiger partial charge in [-0.05, 0) is 17.7 Å². The Bertz CT molecular complexity index is 1220. The van der Waals surface area contributed by atoms with Crippen molar-refractivity contribution < 1.29 is 33.5 Å². The van der Waals surface area contributed by atoms with Gasteiger partial charge in [0.05, 0.1) is 31.8 Å². The van der Waals surface area contributed by atoms with Crippen molar-refractivity contribution in [2.45, 2.75) is 6.54 Å². The van der Waals surface area contributed by atoms with E-state index in [1.165, 1.54) is 45.6 Å². The number of amides is 1. The van der Waals surface area contributed by atoms with E-state index in [2.05, 4.69) is 10.6 Å². The Kier molecular flexibility index (Phi) is 8.65. The third-order valence-electron chi connectivity index (χ3n) is 5.04. The molecule has 0 aliphatic carbocycles. The molecule has 0 heterocycles. The first-order valence-electron chi connectivity index (χ1n) is 10.7. The van der Waals surface area contributed by atoms with Crippen molar-refractivity contribution >= 4 is 28.9 Å². The fourth-order valence-electron chi connectivity index (χ4n) is 3.32. The van der Waals surface area contributed by atoms with Gasteiger partial charge >= 0.3 is 5.97 Å². The fraction of sp³-hybridized carbons (Fsp3) is 0.200. The molecule has 0 saturated carbocycles. The molecule has 0 spiro atoms. The summed E-state index contributed by atoms with van der Waals surface area (Å²) in [5, 5.41) is 17.1. The van der Waals surface area contributed by atoms with Gasteiger partial charge in [-0.25, -0.2) is 4.79 Å². The van der Waals surface area contributed by atoms with Gasteiger partial charge in [0, 0.05) is 30.4 Å². The number of methoxy groups -OCH3 is 3. The number of hydrogen-bond acceptors (Lipinski definition) is 9. The average Bonchev–Trinajstić information content (AvgIpc) is 2.90. The zero-order valence-corrected chi connectivity index (χ0v) is 19.9. The predicted octanol–water partition coefficient (Wildman–Crippen LogP) is 4.03. The minimum atomic E-state index is -0.882. The first kappa shape index (κ1) is 25.8. The highest BCUT2D eigenvalue weighted by Gasteiger charge is 2.20. The number of nitrogens with one attached hydrogen (secondary N) is 2. The summed E-state index contributed by atoms with van der Waals surface area (Å²) >= 11 is 0. The molecule has 3 aromatic carbocycles. The third kappa shape index (κ3) is 6.41. The van der Waals surface area contributed by atoms with Gasteiger partial charge in [0.2, 0.25) is 5.75 Å². The number of carbonyl (C=O) groups excluding carboxylic acids is 2. The zero-order valence-electron chi connectivity index (χ0n) is 19.9. The first-order chi connectivity index (χ1) is 17.4. The second-order valence-corrected chi connectivity index (χ2v) is 7.37. The Balaban J connectivity index is 1.64. The number of hydrogen-bond donors (Lipinski definition) is 2. The molecule has 1 amide bonds. The van der Waals surface area contributed by atoms with Crippen molar-refractivity contribution in [1.29, 1.82) is 0 Å². The fourth-order valence-corrected chi connectivity index (χ4v) is 3.32. The molecular weight excluding hydrogens is 470 g/mol. The van der Waals surface area contributed by atoms with Gasteiger partial charge in [0.25, 0.3) is 11.6 Å². The lowest BCUT2D eigenvalue weighted by molar-refractivity contribution is -0.384. The maximum absolute atomic E-state index is 12.4. The summed E-state index contributed by atoms with van der Waals surface area (Å²) in [5.41, 5.74) is 1.17. The normalized spacial score (nSPS) is 10.2. The van der Waals surface area contributed by atoms with Gasteiger partial charge in [-0.1, -0.05) is 30.3 Å². The molecule has 3 aromatic rings. The Morgan fingerprint density at radius 2 is 1.58 bits per heavy atom. The van der Waals surface area contributed by atoms with Crippen molar-refractivity contribution in [3.8, 4) is 17.2 Å². The molecule has 188 valence electrons. The smallest absolute Gasteiger partial charge is 0.338 e. The SMILES string of the molecule is COc1cc(NC(=O)COC(=O)c2ccc(NCc3ccccc3)c([N+](=O)[O-])c2)cc(OC)c1OC. The van der Waals surface area contributed by atoms with E-state index < -0.39 is 23.4 Å². The molecule has 0 atom stereocenters. The molecule has 0 aliphatic heterocycles. The summed E-state index contributed by atoms with van der Waals surface area (Å²) in [6.45, 7) is -0.246. The van der Waals surface area contributed by atoms with Crippen molar-refractivity contribution in [2.24, 2.45) is 0 Å². The Morgan fingerprint density at radius 1 is 0.917 bits per heavy atom. The van der Waals surface area contributed by atoms with Crippen LogP contribution >= 0.6 is 0 Å². The van der Waals surface area contributed by atoms with Gasteiger partial charge in [0.15, 0.2) is 18.1 Å². The van der Waals surface area contributed by atoms with Crippen LogP contribution in [-0.4, -0.2) is 44.7 Å². The Hall–Kier alpha value is -4.80. The van der Waals surface area contributed by atoms with Crippen LogP contribution in [0, 0.1) is 10.1 Å². The lowest BCUT2D eigenvalue weighted by Gasteiger charge is -2.14. The van der Waals surface area contributed by atoms with E-state index in [9.17, 15) is 19.7 Å². The van der Waals surface area contributed by atoms with Crippen molar-refractivity contribution in [3.63, 3.8) is 0 Å². The third-order valence-corrected chi connectivity index (χ3v) is 5.04. The molecule has 0 bridgehead atoms. The molecular formula is C25H25N3O8. The van der Waals surface area contributed by atoms with Gasteiger partial charge in [-0.15, -0.1) is 0 Å². The number of carbonyl (C=O) groups is 2. The molecule has 11 heteroatoms. The van der Waals surface area contributed by atoms with Crippen LogP contribution < -0.4 is 24.8 Å². The second kappa shape index (κ2) is 12.1. The highest BCUT2D eigenvalue weighted by molar-refractivity contribution is 5.96. The van der Waals surface area contributed by atoms with Crippen LogP contribution in [0.1, 0.15) is 15.9 Å². The van der Waals surface area contributed by atoms with Crippen LogP contribution in [-0.2, 0) is 16.1 Å². The zero-order chi connectivity index (χ0) is 26.1. The number of nitrogens with zero attached hydrogens (tertiary/aromatic N) is 1. The predicted molar refractivity (Wildman–Crippen MR) is 132 cm³/mol. The van der Waals surface area contributed by atoms with Crippen molar-refractivity contribution in [1.82, 2.24) is 0 Å². The molecule has 3 rings (SSSR count). The first-order valence-corrected chi connectivity index (χ1v) is 10.7. The lowest BCUT2D eigenvalue weighted by Crippen LogP contribution is -2.21. The number of benzene rings is 3. The van der Waals surface area contributed by atoms with E-state index in [1.807, 2.05) is 30.3 Å². The number of ether oxygens (including phenoxy) is 4. The summed E-state index contributed by atoms with van der Waals surface area (Å²) in [6, 6.07) is 16.3. The quantitative estimate of drug-likeness (QED) is 0.229. The molecule has 2 N–H and O–H groups in total. The van der Waals surface area contributed by atoms with E-state index in [0.29, 0.717) is 29.5 Å². The highest BCUT2D eigenvalue weighted by Crippen LogP contribution is 2.39. The standard InChI is InChI=1S/C25H25N3O8/c1-33-21-12-18(13-22(34-2)24(21)35-3)27-23(29)15-36-25(30)17-9-10-19(20(11-17)28(31)32)26-14-16-7-5-4-6-8-16/h4-13,26H,14-15H2,1-3H3,(H,27,29). The van der Waals surface area contributed by atoms with Crippen LogP contribution in [0.25, 0.3) is 0 Å². The largest absolute Gasteiger partial charge is 0.493 e. The van der Waals surface area contributed by atoms with Crippen molar-refractivity contribution in [2.75, 3.05) is 38.6 Å². The molecule has 0 radical (unpaired) electrons. The molecule has 0 fully saturated rings. The minimum Gasteiger partial charge on any atom is -0.493 e. The molecule has 0 aromatic heterocycles. The highest BCUT2D eigenvalue weighted by atomic mass is 16.6. The minimum absolute atomic E-state index is 0.0625.